The van der Waals surface area contributed by atoms with Gasteiger partial charge in [0.2, 0.25) is 5.89 Å². The average molecular weight is 475 g/mol. The van der Waals surface area contributed by atoms with Crippen molar-refractivity contribution in [3.8, 4) is 11.5 Å². The van der Waals surface area contributed by atoms with Crippen molar-refractivity contribution in [1.29, 1.82) is 0 Å². The van der Waals surface area contributed by atoms with E-state index in [0.717, 1.165) is 10.0 Å². The number of imide groups is 1. The van der Waals surface area contributed by atoms with Gasteiger partial charge in [0.1, 0.15) is 0 Å². The molecular formula is C24H15BrN2O4. The third-order valence-corrected chi connectivity index (χ3v) is 5.92. The number of fused-ring (bicyclic) bond motifs is 2. The molecule has 1 aromatic heterocycles. The van der Waals surface area contributed by atoms with E-state index in [1.807, 2.05) is 37.3 Å². The Kier molecular flexibility index (Phi) is 4.55. The lowest BCUT2D eigenvalue weighted by atomic mass is 10.1. The minimum Gasteiger partial charge on any atom is -0.403 e. The van der Waals surface area contributed by atoms with Crippen LogP contribution in [0, 0.1) is 0 Å². The lowest BCUT2D eigenvalue weighted by Gasteiger charge is -2.22. The molecule has 0 saturated carbocycles. The van der Waals surface area contributed by atoms with E-state index in [4.69, 9.17) is 4.42 Å². The molecule has 31 heavy (non-hydrogen) atoms. The number of carbonyl (C=O) groups excluding carboxylic acids is 2. The van der Waals surface area contributed by atoms with Crippen molar-refractivity contribution in [2.75, 3.05) is 0 Å². The van der Waals surface area contributed by atoms with Gasteiger partial charge in [0.15, 0.2) is 0 Å². The maximum atomic E-state index is 13.1. The normalized spacial score (nSPS) is 14.2. The predicted octanol–water partition coefficient (Wildman–Crippen LogP) is 4.97. The second kappa shape index (κ2) is 7.28. The molecule has 0 N–H and O–H groups in total. The molecule has 0 radical (unpaired) electrons. The lowest BCUT2D eigenvalue weighted by Crippen LogP contribution is -2.32. The van der Waals surface area contributed by atoms with Crippen molar-refractivity contribution in [3.63, 3.8) is 0 Å². The van der Waals surface area contributed by atoms with Crippen LogP contribution < -0.4 is 5.63 Å². The van der Waals surface area contributed by atoms with Gasteiger partial charge in [-0.3, -0.25) is 14.5 Å². The summed E-state index contributed by atoms with van der Waals surface area (Å²) in [6.45, 7) is 1.82. The first-order valence-corrected chi connectivity index (χ1v) is 10.4. The number of carbonyl (C=O) groups is 2. The fourth-order valence-corrected chi connectivity index (χ4v) is 4.15. The molecule has 4 aromatic rings. The van der Waals surface area contributed by atoms with Crippen LogP contribution in [-0.2, 0) is 0 Å². The molecule has 2 amide bonds. The molecule has 0 saturated heterocycles. The molecule has 2 heterocycles. The van der Waals surface area contributed by atoms with Crippen LogP contribution in [0.5, 0.6) is 0 Å². The Morgan fingerprint density at radius 1 is 0.903 bits per heavy atom. The number of hydrogen-bond acceptors (Lipinski definition) is 5. The maximum absolute atomic E-state index is 13.1. The lowest BCUT2D eigenvalue weighted by molar-refractivity contribution is 0.0595. The van der Waals surface area contributed by atoms with E-state index in [1.165, 1.54) is 4.90 Å². The molecule has 1 aliphatic rings. The Morgan fingerprint density at radius 2 is 1.65 bits per heavy atom. The van der Waals surface area contributed by atoms with E-state index < -0.39 is 11.7 Å². The van der Waals surface area contributed by atoms with E-state index in [1.54, 1.807) is 36.4 Å². The molecule has 152 valence electrons. The fourth-order valence-electron chi connectivity index (χ4n) is 3.79. The zero-order valence-corrected chi connectivity index (χ0v) is 17.9. The van der Waals surface area contributed by atoms with E-state index >= 15 is 0 Å². The maximum Gasteiger partial charge on any atom is 0.347 e. The van der Waals surface area contributed by atoms with Crippen molar-refractivity contribution >= 4 is 38.6 Å². The van der Waals surface area contributed by atoms with Crippen LogP contribution in [0.4, 0.5) is 0 Å². The molecule has 0 unspecified atom stereocenters. The van der Waals surface area contributed by atoms with Crippen LogP contribution in [0.25, 0.3) is 22.4 Å². The molecule has 1 atom stereocenters. The Morgan fingerprint density at radius 3 is 2.42 bits per heavy atom. The van der Waals surface area contributed by atoms with Gasteiger partial charge in [-0.05, 0) is 48.9 Å². The highest BCUT2D eigenvalue weighted by molar-refractivity contribution is 9.10. The number of halogens is 1. The molecule has 0 bridgehead atoms. The summed E-state index contributed by atoms with van der Waals surface area (Å²) in [7, 11) is 0. The number of amides is 2. The summed E-state index contributed by atoms with van der Waals surface area (Å²) in [4.78, 5) is 44.1. The highest BCUT2D eigenvalue weighted by Crippen LogP contribution is 2.33. The quantitative estimate of drug-likeness (QED) is 0.391. The first-order chi connectivity index (χ1) is 14.9. The second-order valence-corrected chi connectivity index (χ2v) is 8.21. The summed E-state index contributed by atoms with van der Waals surface area (Å²) in [6, 6.07) is 18.9. The Hall–Kier alpha value is -3.58. The zero-order chi connectivity index (χ0) is 21.7. The molecule has 7 heteroatoms. The second-order valence-electron chi connectivity index (χ2n) is 7.30. The molecule has 0 fully saturated rings. The zero-order valence-electron chi connectivity index (χ0n) is 16.3. The van der Waals surface area contributed by atoms with Crippen molar-refractivity contribution in [2.24, 2.45) is 0 Å². The van der Waals surface area contributed by atoms with Gasteiger partial charge in [-0.2, -0.15) is 0 Å². The highest BCUT2D eigenvalue weighted by atomic mass is 79.9. The topological polar surface area (TPSA) is 80.5 Å². The number of hydrogen-bond donors (Lipinski definition) is 0. The van der Waals surface area contributed by atoms with Crippen LogP contribution >= 0.6 is 15.9 Å². The van der Waals surface area contributed by atoms with Crippen LogP contribution in [0.2, 0.25) is 0 Å². The van der Waals surface area contributed by atoms with Crippen LogP contribution in [0.1, 0.15) is 39.2 Å². The standard InChI is InChI=1S/C24H15BrN2O4/c1-13(14-5-3-2-4-6-14)27-22(28)17-9-7-15(11-18(17)23(27)29)21-26-20-10-8-16(25)12-19(20)24(30)31-21/h2-13H,1H3/t13-/m1/s1. The molecule has 3 aromatic carbocycles. The van der Waals surface area contributed by atoms with E-state index in [-0.39, 0.29) is 23.3 Å². The smallest absolute Gasteiger partial charge is 0.347 e. The van der Waals surface area contributed by atoms with Gasteiger partial charge in [0, 0.05) is 10.0 Å². The molecule has 6 nitrogen and oxygen atoms in total. The van der Waals surface area contributed by atoms with Crippen molar-refractivity contribution in [2.45, 2.75) is 13.0 Å². The summed E-state index contributed by atoms with van der Waals surface area (Å²) in [5.41, 5.74) is 1.87. The van der Waals surface area contributed by atoms with Crippen molar-refractivity contribution in [1.82, 2.24) is 9.88 Å². The fraction of sp³-hybridized carbons (Fsp3) is 0.0833. The summed E-state index contributed by atoms with van der Waals surface area (Å²) < 4.78 is 6.15. The largest absolute Gasteiger partial charge is 0.403 e. The highest BCUT2D eigenvalue weighted by Gasteiger charge is 2.39. The molecular weight excluding hydrogens is 460 g/mol. The predicted molar refractivity (Wildman–Crippen MR) is 119 cm³/mol. The van der Waals surface area contributed by atoms with Gasteiger partial charge >= 0.3 is 5.63 Å². The first kappa shape index (κ1) is 19.4. The van der Waals surface area contributed by atoms with Crippen LogP contribution in [0.3, 0.4) is 0 Å². The van der Waals surface area contributed by atoms with Crippen LogP contribution in [-0.4, -0.2) is 21.7 Å². The van der Waals surface area contributed by atoms with Crippen molar-refractivity contribution in [3.05, 3.63) is 98.3 Å². The Bertz CT molecular complexity index is 1430. The number of rotatable bonds is 3. The third kappa shape index (κ3) is 3.18. The van der Waals surface area contributed by atoms with Gasteiger partial charge < -0.3 is 4.42 Å². The SMILES string of the molecule is C[C@H](c1ccccc1)N1C(=O)c2ccc(-c3nc4ccc(Br)cc4c(=O)o3)cc2C1=O. The van der Waals surface area contributed by atoms with Gasteiger partial charge in [0.25, 0.3) is 11.8 Å². The van der Waals surface area contributed by atoms with E-state index in [2.05, 4.69) is 20.9 Å². The van der Waals surface area contributed by atoms with Crippen LogP contribution in [0.15, 0.2) is 80.4 Å². The third-order valence-electron chi connectivity index (χ3n) is 5.42. The van der Waals surface area contributed by atoms with E-state index in [9.17, 15) is 14.4 Å². The van der Waals surface area contributed by atoms with Gasteiger partial charge in [-0.15, -0.1) is 0 Å². The minimum atomic E-state index is -0.525. The summed E-state index contributed by atoms with van der Waals surface area (Å²) in [5.74, 6) is -0.636. The Balaban J connectivity index is 1.56. The monoisotopic (exact) mass is 474 g/mol. The van der Waals surface area contributed by atoms with Gasteiger partial charge in [-0.1, -0.05) is 46.3 Å². The molecule has 1 aliphatic heterocycles. The average Bonchev–Trinajstić information content (AvgIpc) is 3.03. The molecule has 0 aliphatic carbocycles. The molecule has 5 rings (SSSR count). The number of nitrogens with zero attached hydrogens (tertiary/aromatic N) is 2. The molecule has 0 spiro atoms. The number of aromatic nitrogens is 1. The van der Waals surface area contributed by atoms with Crippen molar-refractivity contribution < 1.29 is 14.0 Å². The van der Waals surface area contributed by atoms with E-state index in [0.29, 0.717) is 22.0 Å². The minimum absolute atomic E-state index is 0.0948. The number of benzene rings is 3. The summed E-state index contributed by atoms with van der Waals surface area (Å²) >= 11 is 3.33. The van der Waals surface area contributed by atoms with Gasteiger partial charge in [-0.25, -0.2) is 9.78 Å². The summed E-state index contributed by atoms with van der Waals surface area (Å²) in [5, 5.41) is 0.355. The van der Waals surface area contributed by atoms with Gasteiger partial charge in [0.05, 0.1) is 28.1 Å². The first-order valence-electron chi connectivity index (χ1n) is 9.62. The Labute approximate surface area is 185 Å². The summed E-state index contributed by atoms with van der Waals surface area (Å²) in [6.07, 6.45) is 0.